The van der Waals surface area contributed by atoms with E-state index in [-0.39, 0.29) is 12.3 Å². The van der Waals surface area contributed by atoms with Gasteiger partial charge in [-0.25, -0.2) is 4.79 Å². The molecule has 0 aliphatic carbocycles. The Labute approximate surface area is 126 Å². The van der Waals surface area contributed by atoms with E-state index in [2.05, 4.69) is 10.5 Å². The third-order valence-corrected chi connectivity index (χ3v) is 3.10. The Bertz CT molecular complexity index is 668. The molecule has 1 unspecified atom stereocenters. The smallest absolute Gasteiger partial charge is 0.331 e. The molecule has 0 aliphatic rings. The summed E-state index contributed by atoms with van der Waals surface area (Å²) in [5.41, 5.74) is -0.771. The van der Waals surface area contributed by atoms with Crippen molar-refractivity contribution in [3.8, 4) is 11.3 Å². The standard InChI is InChI=1S/C15H16N2O5/c1-15(9-21-2,14(19)20)16-13(18)11-8-12(22-17-11)10-6-4-3-5-7-10/h3-8H,9H2,1-2H3,(H,16,18)(H,19,20). The van der Waals surface area contributed by atoms with Crippen LogP contribution in [0, 0.1) is 0 Å². The van der Waals surface area contributed by atoms with Crippen molar-refractivity contribution in [2.24, 2.45) is 0 Å². The van der Waals surface area contributed by atoms with E-state index in [1.54, 1.807) is 0 Å². The first-order chi connectivity index (χ1) is 10.5. The first-order valence-electron chi connectivity index (χ1n) is 6.53. The van der Waals surface area contributed by atoms with E-state index in [4.69, 9.17) is 9.26 Å². The number of amides is 1. The molecule has 0 radical (unpaired) electrons. The number of carboxylic acid groups (broad SMARTS) is 1. The van der Waals surface area contributed by atoms with Crippen LogP contribution in [0.5, 0.6) is 0 Å². The molecule has 1 atom stereocenters. The number of hydrogen-bond acceptors (Lipinski definition) is 5. The third kappa shape index (κ3) is 3.32. The van der Waals surface area contributed by atoms with Crippen LogP contribution in [0.2, 0.25) is 0 Å². The minimum absolute atomic E-state index is 0.00225. The summed E-state index contributed by atoms with van der Waals surface area (Å²) in [6, 6.07) is 10.6. The zero-order chi connectivity index (χ0) is 16.2. The zero-order valence-electron chi connectivity index (χ0n) is 12.2. The molecule has 2 rings (SSSR count). The number of carbonyl (C=O) groups excluding carboxylic acids is 1. The van der Waals surface area contributed by atoms with Gasteiger partial charge in [-0.3, -0.25) is 4.79 Å². The predicted molar refractivity (Wildman–Crippen MR) is 77.3 cm³/mol. The van der Waals surface area contributed by atoms with Gasteiger partial charge in [-0.2, -0.15) is 0 Å². The van der Waals surface area contributed by atoms with Gasteiger partial charge in [-0.1, -0.05) is 35.5 Å². The Hall–Kier alpha value is -2.67. The first kappa shape index (κ1) is 15.7. The molecule has 0 saturated carbocycles. The van der Waals surface area contributed by atoms with E-state index in [1.165, 1.54) is 20.1 Å². The van der Waals surface area contributed by atoms with Gasteiger partial charge in [0.1, 0.15) is 0 Å². The van der Waals surface area contributed by atoms with Crippen LogP contribution in [0.4, 0.5) is 0 Å². The van der Waals surface area contributed by atoms with Crippen molar-refractivity contribution < 1.29 is 24.0 Å². The highest BCUT2D eigenvalue weighted by Gasteiger charge is 2.36. The molecule has 0 spiro atoms. The van der Waals surface area contributed by atoms with Gasteiger partial charge in [0.2, 0.25) is 0 Å². The van der Waals surface area contributed by atoms with Crippen LogP contribution in [-0.4, -0.2) is 41.4 Å². The second-order valence-electron chi connectivity index (χ2n) is 4.97. The van der Waals surface area contributed by atoms with Crippen molar-refractivity contribution in [2.75, 3.05) is 13.7 Å². The number of aromatic nitrogens is 1. The summed E-state index contributed by atoms with van der Waals surface area (Å²) in [4.78, 5) is 23.4. The lowest BCUT2D eigenvalue weighted by molar-refractivity contribution is -0.145. The topological polar surface area (TPSA) is 102 Å². The maximum atomic E-state index is 12.1. The quantitative estimate of drug-likeness (QED) is 0.839. The molecule has 0 aliphatic heterocycles. The molecule has 116 valence electrons. The average Bonchev–Trinajstić information content (AvgIpc) is 2.98. The highest BCUT2D eigenvalue weighted by molar-refractivity contribution is 5.96. The highest BCUT2D eigenvalue weighted by atomic mass is 16.5. The highest BCUT2D eigenvalue weighted by Crippen LogP contribution is 2.20. The second-order valence-corrected chi connectivity index (χ2v) is 4.97. The molecule has 7 heteroatoms. The van der Waals surface area contributed by atoms with E-state index >= 15 is 0 Å². The lowest BCUT2D eigenvalue weighted by Crippen LogP contribution is -2.55. The summed E-state index contributed by atoms with van der Waals surface area (Å²) in [7, 11) is 1.36. The molecule has 0 bridgehead atoms. The Morgan fingerprint density at radius 2 is 2.05 bits per heavy atom. The number of rotatable bonds is 6. The van der Waals surface area contributed by atoms with Gasteiger partial charge in [0.15, 0.2) is 17.0 Å². The number of carbonyl (C=O) groups is 2. The van der Waals surface area contributed by atoms with E-state index in [0.29, 0.717) is 5.76 Å². The SMILES string of the molecule is COCC(C)(NC(=O)c1cc(-c2ccccc2)on1)C(=O)O. The average molecular weight is 304 g/mol. The minimum Gasteiger partial charge on any atom is -0.479 e. The van der Waals surface area contributed by atoms with Gasteiger partial charge in [0, 0.05) is 18.7 Å². The number of nitrogens with one attached hydrogen (secondary N) is 1. The Morgan fingerprint density at radius 3 is 2.64 bits per heavy atom. The number of aliphatic carboxylic acids is 1. The molecule has 1 heterocycles. The molecular weight excluding hydrogens is 288 g/mol. The van der Waals surface area contributed by atoms with Gasteiger partial charge in [-0.05, 0) is 6.92 Å². The van der Waals surface area contributed by atoms with Gasteiger partial charge in [-0.15, -0.1) is 0 Å². The lowest BCUT2D eigenvalue weighted by Gasteiger charge is -2.24. The number of carboxylic acids is 1. The maximum absolute atomic E-state index is 12.1. The van der Waals surface area contributed by atoms with Gasteiger partial charge in [0.25, 0.3) is 5.91 Å². The van der Waals surface area contributed by atoms with Crippen LogP contribution in [0.25, 0.3) is 11.3 Å². The molecule has 1 aromatic carbocycles. The molecule has 22 heavy (non-hydrogen) atoms. The molecule has 1 amide bonds. The molecule has 0 fully saturated rings. The van der Waals surface area contributed by atoms with Gasteiger partial charge < -0.3 is 19.7 Å². The van der Waals surface area contributed by atoms with E-state index in [9.17, 15) is 14.7 Å². The molecule has 2 aromatic rings. The number of ether oxygens (including phenoxy) is 1. The monoisotopic (exact) mass is 304 g/mol. The Kier molecular flexibility index (Phi) is 4.57. The van der Waals surface area contributed by atoms with Crippen LogP contribution in [0.15, 0.2) is 40.9 Å². The van der Waals surface area contributed by atoms with E-state index < -0.39 is 17.4 Å². The minimum atomic E-state index is -1.54. The number of benzene rings is 1. The van der Waals surface area contributed by atoms with Crippen molar-refractivity contribution in [3.63, 3.8) is 0 Å². The summed E-state index contributed by atoms with van der Waals surface area (Å²) < 4.78 is 9.96. The van der Waals surface area contributed by atoms with Crippen LogP contribution in [-0.2, 0) is 9.53 Å². The van der Waals surface area contributed by atoms with Crippen molar-refractivity contribution in [3.05, 3.63) is 42.1 Å². The van der Waals surface area contributed by atoms with E-state index in [0.717, 1.165) is 5.56 Å². The zero-order valence-corrected chi connectivity index (χ0v) is 12.2. The normalized spacial score (nSPS) is 13.4. The van der Waals surface area contributed by atoms with Gasteiger partial charge >= 0.3 is 5.97 Å². The van der Waals surface area contributed by atoms with Crippen molar-refractivity contribution in [2.45, 2.75) is 12.5 Å². The fourth-order valence-corrected chi connectivity index (χ4v) is 1.88. The van der Waals surface area contributed by atoms with Crippen LogP contribution < -0.4 is 5.32 Å². The molecular formula is C15H16N2O5. The summed E-state index contributed by atoms with van der Waals surface area (Å²) in [6.07, 6.45) is 0. The molecule has 0 saturated heterocycles. The largest absolute Gasteiger partial charge is 0.479 e. The summed E-state index contributed by atoms with van der Waals surface area (Å²) in [6.45, 7) is 1.19. The van der Waals surface area contributed by atoms with Crippen LogP contribution in [0.3, 0.4) is 0 Å². The summed E-state index contributed by atoms with van der Waals surface area (Å²) in [5, 5.41) is 15.3. The number of nitrogens with zero attached hydrogens (tertiary/aromatic N) is 1. The van der Waals surface area contributed by atoms with Crippen molar-refractivity contribution in [1.82, 2.24) is 10.5 Å². The Morgan fingerprint density at radius 1 is 1.36 bits per heavy atom. The van der Waals surface area contributed by atoms with Crippen molar-refractivity contribution in [1.29, 1.82) is 0 Å². The van der Waals surface area contributed by atoms with E-state index in [1.807, 2.05) is 30.3 Å². The third-order valence-electron chi connectivity index (χ3n) is 3.10. The summed E-state index contributed by atoms with van der Waals surface area (Å²) in [5.74, 6) is -1.42. The fraction of sp³-hybridized carbons (Fsp3) is 0.267. The Balaban J connectivity index is 2.17. The first-order valence-corrected chi connectivity index (χ1v) is 6.53. The number of methoxy groups -OCH3 is 1. The van der Waals surface area contributed by atoms with Gasteiger partial charge in [0.05, 0.1) is 6.61 Å². The molecule has 7 nitrogen and oxygen atoms in total. The summed E-state index contributed by atoms with van der Waals surface area (Å²) >= 11 is 0. The molecule has 2 N–H and O–H groups in total. The fourth-order valence-electron chi connectivity index (χ4n) is 1.88. The predicted octanol–water partition coefficient (Wildman–Crippen LogP) is 1.56. The maximum Gasteiger partial charge on any atom is 0.331 e. The molecule has 1 aromatic heterocycles. The van der Waals surface area contributed by atoms with Crippen molar-refractivity contribution >= 4 is 11.9 Å². The number of hydrogen-bond donors (Lipinski definition) is 2. The lowest BCUT2D eigenvalue weighted by atomic mass is 10.0. The van der Waals surface area contributed by atoms with Crippen LogP contribution >= 0.6 is 0 Å². The van der Waals surface area contributed by atoms with Crippen LogP contribution in [0.1, 0.15) is 17.4 Å². The second kappa shape index (κ2) is 6.40.